The zero-order chi connectivity index (χ0) is 7.84. The van der Waals surface area contributed by atoms with Gasteiger partial charge in [0.2, 0.25) is 5.95 Å². The Morgan fingerprint density at radius 2 is 2.27 bits per heavy atom. The number of pyridine rings is 1. The Balaban J connectivity index is 2.93. The predicted molar refractivity (Wildman–Crippen MR) is 40.6 cm³/mol. The van der Waals surface area contributed by atoms with Gasteiger partial charge in [0.25, 0.3) is 0 Å². The van der Waals surface area contributed by atoms with E-state index in [0.717, 1.165) is 4.52 Å². The van der Waals surface area contributed by atoms with Gasteiger partial charge in [-0.1, -0.05) is 0 Å². The van der Waals surface area contributed by atoms with Crippen LogP contribution in [0, 0.1) is 5.95 Å². The minimum atomic E-state index is -0.431. The second-order valence-corrected chi connectivity index (χ2v) is 2.86. The fourth-order valence-corrected chi connectivity index (χ4v) is 1.13. The van der Waals surface area contributed by atoms with Gasteiger partial charge < -0.3 is 0 Å². The molecule has 2 rings (SSSR count). The third kappa shape index (κ3) is 0.920. The number of nitrogens with zero attached hydrogens (tertiary/aromatic N) is 3. The van der Waals surface area contributed by atoms with E-state index < -0.39 is 5.95 Å². The first kappa shape index (κ1) is 6.72. The molecule has 5 heteroatoms. The van der Waals surface area contributed by atoms with Crippen LogP contribution in [0.1, 0.15) is 0 Å². The number of fused-ring (bicyclic) bond motifs is 1. The van der Waals surface area contributed by atoms with Crippen molar-refractivity contribution < 1.29 is 4.39 Å². The van der Waals surface area contributed by atoms with Crippen molar-refractivity contribution >= 4 is 21.6 Å². The summed E-state index contributed by atoms with van der Waals surface area (Å²) in [5, 5.41) is 3.68. The molecule has 0 N–H and O–H groups in total. The van der Waals surface area contributed by atoms with E-state index in [2.05, 4.69) is 26.0 Å². The largest absolute Gasteiger partial charge is 0.230 e. The lowest BCUT2D eigenvalue weighted by atomic mass is 10.5. The molecule has 0 atom stereocenters. The highest BCUT2D eigenvalue weighted by Crippen LogP contribution is 2.14. The van der Waals surface area contributed by atoms with E-state index in [9.17, 15) is 4.39 Å². The Bertz CT molecular complexity index is 398. The SMILES string of the molecule is Fc1c(Br)ccc2ncnn12. The fraction of sp³-hybridized carbons (Fsp3) is 0. The van der Waals surface area contributed by atoms with Crippen LogP contribution in [0.25, 0.3) is 5.65 Å². The molecule has 0 aliphatic rings. The molecule has 0 fully saturated rings. The van der Waals surface area contributed by atoms with Gasteiger partial charge in [-0.05, 0) is 28.1 Å². The first-order chi connectivity index (χ1) is 5.29. The monoisotopic (exact) mass is 215 g/mol. The zero-order valence-corrected chi connectivity index (χ0v) is 6.92. The molecule has 0 aliphatic carbocycles. The highest BCUT2D eigenvalue weighted by molar-refractivity contribution is 9.10. The first-order valence-electron chi connectivity index (χ1n) is 2.93. The summed E-state index contributed by atoms with van der Waals surface area (Å²) in [4.78, 5) is 3.81. The quantitative estimate of drug-likeness (QED) is 0.626. The van der Waals surface area contributed by atoms with Gasteiger partial charge in [-0.3, -0.25) is 0 Å². The molecular weight excluding hydrogens is 213 g/mol. The van der Waals surface area contributed by atoms with Gasteiger partial charge in [0, 0.05) is 0 Å². The molecule has 0 radical (unpaired) electrons. The van der Waals surface area contributed by atoms with Gasteiger partial charge in [0.15, 0.2) is 5.65 Å². The van der Waals surface area contributed by atoms with Crippen LogP contribution in [-0.2, 0) is 0 Å². The molecule has 0 saturated carbocycles. The van der Waals surface area contributed by atoms with Crippen LogP contribution < -0.4 is 0 Å². The van der Waals surface area contributed by atoms with Crippen LogP contribution in [0.3, 0.4) is 0 Å². The van der Waals surface area contributed by atoms with Gasteiger partial charge in [-0.25, -0.2) is 4.98 Å². The van der Waals surface area contributed by atoms with Crippen LogP contribution >= 0.6 is 15.9 Å². The minimum Gasteiger partial charge on any atom is -0.215 e. The summed E-state index contributed by atoms with van der Waals surface area (Å²) in [6.07, 6.45) is 1.31. The molecular formula is C6H3BrFN3. The second-order valence-electron chi connectivity index (χ2n) is 2.00. The van der Waals surface area contributed by atoms with Crippen LogP contribution in [0.15, 0.2) is 22.9 Å². The predicted octanol–water partition coefficient (Wildman–Crippen LogP) is 1.63. The van der Waals surface area contributed by atoms with Crippen molar-refractivity contribution in [2.75, 3.05) is 0 Å². The fourth-order valence-electron chi connectivity index (χ4n) is 0.833. The van der Waals surface area contributed by atoms with Crippen molar-refractivity contribution in [3.8, 4) is 0 Å². The summed E-state index contributed by atoms with van der Waals surface area (Å²) in [6.45, 7) is 0. The number of rotatable bonds is 0. The highest BCUT2D eigenvalue weighted by atomic mass is 79.9. The van der Waals surface area contributed by atoms with Crippen molar-refractivity contribution in [3.05, 3.63) is 28.9 Å². The molecule has 2 heterocycles. The summed E-state index contributed by atoms with van der Waals surface area (Å²) < 4.78 is 14.6. The standard InChI is InChI=1S/C6H3BrFN3/c7-4-1-2-5-9-3-10-11(5)6(4)8/h1-3H. The van der Waals surface area contributed by atoms with Gasteiger partial charge in [-0.15, -0.1) is 0 Å². The van der Waals surface area contributed by atoms with E-state index >= 15 is 0 Å². The maximum Gasteiger partial charge on any atom is 0.230 e. The highest BCUT2D eigenvalue weighted by Gasteiger charge is 2.04. The lowest BCUT2D eigenvalue weighted by Gasteiger charge is -1.94. The van der Waals surface area contributed by atoms with Gasteiger partial charge in [0.05, 0.1) is 4.47 Å². The van der Waals surface area contributed by atoms with Gasteiger partial charge in [-0.2, -0.15) is 14.0 Å². The minimum absolute atomic E-state index is 0.385. The Hall–Kier alpha value is -0.970. The second kappa shape index (κ2) is 2.27. The van der Waals surface area contributed by atoms with E-state index in [1.807, 2.05) is 0 Å². The molecule has 0 amide bonds. The van der Waals surface area contributed by atoms with Crippen molar-refractivity contribution in [3.63, 3.8) is 0 Å². The Morgan fingerprint density at radius 1 is 1.45 bits per heavy atom. The Labute approximate surface area is 70.0 Å². The molecule has 56 valence electrons. The van der Waals surface area contributed by atoms with Crippen LogP contribution in [0.2, 0.25) is 0 Å². The van der Waals surface area contributed by atoms with Gasteiger partial charge in [0.1, 0.15) is 6.33 Å². The van der Waals surface area contributed by atoms with Crippen molar-refractivity contribution in [1.29, 1.82) is 0 Å². The van der Waals surface area contributed by atoms with E-state index in [1.165, 1.54) is 6.33 Å². The number of hydrogen-bond donors (Lipinski definition) is 0. The molecule has 0 bridgehead atoms. The molecule has 2 aromatic rings. The maximum atomic E-state index is 13.0. The average molecular weight is 216 g/mol. The van der Waals surface area contributed by atoms with Crippen LogP contribution in [-0.4, -0.2) is 14.6 Å². The number of aromatic nitrogens is 3. The molecule has 3 nitrogen and oxygen atoms in total. The first-order valence-corrected chi connectivity index (χ1v) is 3.72. The molecule has 0 spiro atoms. The zero-order valence-electron chi connectivity index (χ0n) is 5.33. The molecule has 0 aliphatic heterocycles. The average Bonchev–Trinajstić information content (AvgIpc) is 2.45. The van der Waals surface area contributed by atoms with E-state index in [4.69, 9.17) is 0 Å². The number of halogens is 2. The van der Waals surface area contributed by atoms with E-state index in [0.29, 0.717) is 10.1 Å². The molecule has 0 saturated heterocycles. The maximum absolute atomic E-state index is 13.0. The summed E-state index contributed by atoms with van der Waals surface area (Å²) in [6, 6.07) is 3.28. The van der Waals surface area contributed by atoms with Crippen molar-refractivity contribution in [2.45, 2.75) is 0 Å². The lowest BCUT2D eigenvalue weighted by Crippen LogP contribution is -1.94. The summed E-state index contributed by atoms with van der Waals surface area (Å²) in [5.74, 6) is -0.431. The smallest absolute Gasteiger partial charge is 0.215 e. The number of hydrogen-bond acceptors (Lipinski definition) is 2. The molecule has 0 aromatic carbocycles. The summed E-state index contributed by atoms with van der Waals surface area (Å²) in [5.41, 5.74) is 0.505. The van der Waals surface area contributed by atoms with Crippen LogP contribution in [0.4, 0.5) is 4.39 Å². The summed E-state index contributed by atoms with van der Waals surface area (Å²) >= 11 is 3.04. The van der Waals surface area contributed by atoms with Crippen LogP contribution in [0.5, 0.6) is 0 Å². The van der Waals surface area contributed by atoms with E-state index in [-0.39, 0.29) is 0 Å². The molecule has 2 aromatic heterocycles. The topological polar surface area (TPSA) is 30.2 Å². The Morgan fingerprint density at radius 3 is 3.09 bits per heavy atom. The van der Waals surface area contributed by atoms with Gasteiger partial charge >= 0.3 is 0 Å². The summed E-state index contributed by atoms with van der Waals surface area (Å²) in [7, 11) is 0. The molecule has 11 heavy (non-hydrogen) atoms. The Kier molecular flexibility index (Phi) is 1.38. The van der Waals surface area contributed by atoms with Crippen molar-refractivity contribution in [2.24, 2.45) is 0 Å². The molecule has 0 unspecified atom stereocenters. The third-order valence-corrected chi connectivity index (χ3v) is 1.93. The third-order valence-electron chi connectivity index (χ3n) is 1.34. The lowest BCUT2D eigenvalue weighted by molar-refractivity contribution is 0.538. The normalized spacial score (nSPS) is 10.7. The van der Waals surface area contributed by atoms with E-state index in [1.54, 1.807) is 12.1 Å². The van der Waals surface area contributed by atoms with Crippen molar-refractivity contribution in [1.82, 2.24) is 14.6 Å².